The van der Waals surface area contributed by atoms with Gasteiger partial charge in [-0.25, -0.2) is 4.98 Å². The van der Waals surface area contributed by atoms with E-state index >= 15 is 0 Å². The van der Waals surface area contributed by atoms with Crippen molar-refractivity contribution in [2.45, 2.75) is 45.1 Å². The van der Waals surface area contributed by atoms with Crippen LogP contribution in [0.1, 0.15) is 43.0 Å². The predicted octanol–water partition coefficient (Wildman–Crippen LogP) is 3.31. The molecule has 2 aliphatic heterocycles. The monoisotopic (exact) mass is 380 g/mol. The zero-order valence-electron chi connectivity index (χ0n) is 17.2. The zero-order valence-corrected chi connectivity index (χ0v) is 17.2. The quantitative estimate of drug-likeness (QED) is 0.799. The van der Waals surface area contributed by atoms with Gasteiger partial charge in [0.05, 0.1) is 5.92 Å². The number of rotatable bonds is 5. The Morgan fingerprint density at radius 1 is 1.14 bits per heavy atom. The lowest BCUT2D eigenvalue weighted by atomic mass is 9.67. The SMILES string of the molecule is Cc1nccn1CCCN1CCC2(CC1)C[C@@H](c1ccccc1)C(=O)N(C)C2. The Hall–Kier alpha value is -2.14. The molecule has 3 heterocycles. The van der Waals surface area contributed by atoms with E-state index in [1.165, 1.54) is 18.4 Å². The molecule has 5 nitrogen and oxygen atoms in total. The molecule has 1 aromatic carbocycles. The Morgan fingerprint density at radius 3 is 2.57 bits per heavy atom. The Morgan fingerprint density at radius 2 is 1.89 bits per heavy atom. The fourth-order valence-corrected chi connectivity index (χ4v) is 5.10. The smallest absolute Gasteiger partial charge is 0.229 e. The van der Waals surface area contributed by atoms with Gasteiger partial charge in [0.15, 0.2) is 0 Å². The van der Waals surface area contributed by atoms with Gasteiger partial charge in [0, 0.05) is 32.5 Å². The minimum Gasteiger partial charge on any atom is -0.345 e. The molecular weight excluding hydrogens is 348 g/mol. The molecule has 0 unspecified atom stereocenters. The summed E-state index contributed by atoms with van der Waals surface area (Å²) in [4.78, 5) is 21.7. The van der Waals surface area contributed by atoms with Crippen LogP contribution in [0.3, 0.4) is 0 Å². The highest BCUT2D eigenvalue weighted by atomic mass is 16.2. The summed E-state index contributed by atoms with van der Waals surface area (Å²) < 4.78 is 2.23. The summed E-state index contributed by atoms with van der Waals surface area (Å²) in [6, 6.07) is 10.4. The summed E-state index contributed by atoms with van der Waals surface area (Å²) in [5, 5.41) is 0. The van der Waals surface area contributed by atoms with Gasteiger partial charge in [0.25, 0.3) is 0 Å². The summed E-state index contributed by atoms with van der Waals surface area (Å²) in [5.74, 6) is 1.41. The number of amides is 1. The molecule has 0 bridgehead atoms. The molecule has 2 aromatic rings. The number of nitrogens with zero attached hydrogens (tertiary/aromatic N) is 4. The lowest BCUT2D eigenvalue weighted by molar-refractivity contribution is -0.139. The molecule has 1 amide bonds. The van der Waals surface area contributed by atoms with Crippen LogP contribution in [-0.2, 0) is 11.3 Å². The molecule has 4 rings (SSSR count). The fourth-order valence-electron chi connectivity index (χ4n) is 5.10. The van der Waals surface area contributed by atoms with Crippen molar-refractivity contribution in [2.24, 2.45) is 5.41 Å². The molecule has 150 valence electrons. The first-order valence-corrected chi connectivity index (χ1v) is 10.6. The van der Waals surface area contributed by atoms with Crippen LogP contribution in [-0.4, -0.2) is 58.5 Å². The van der Waals surface area contributed by atoms with Gasteiger partial charge in [-0.15, -0.1) is 0 Å². The minimum atomic E-state index is 0.0238. The highest BCUT2D eigenvalue weighted by Gasteiger charge is 2.44. The van der Waals surface area contributed by atoms with E-state index < -0.39 is 0 Å². The average Bonchev–Trinajstić information content (AvgIpc) is 3.12. The molecule has 2 aliphatic rings. The van der Waals surface area contributed by atoms with E-state index in [0.29, 0.717) is 0 Å². The van der Waals surface area contributed by atoms with Crippen molar-refractivity contribution in [3.8, 4) is 0 Å². The van der Waals surface area contributed by atoms with Crippen LogP contribution in [0.5, 0.6) is 0 Å². The summed E-state index contributed by atoms with van der Waals surface area (Å²) in [7, 11) is 1.99. The topological polar surface area (TPSA) is 41.4 Å². The second kappa shape index (κ2) is 8.08. The highest BCUT2D eigenvalue weighted by Crippen LogP contribution is 2.45. The zero-order chi connectivity index (χ0) is 19.6. The number of hydrogen-bond donors (Lipinski definition) is 0. The summed E-state index contributed by atoms with van der Waals surface area (Å²) >= 11 is 0. The summed E-state index contributed by atoms with van der Waals surface area (Å²) in [5.41, 5.74) is 1.46. The van der Waals surface area contributed by atoms with Crippen LogP contribution in [0.15, 0.2) is 42.7 Å². The van der Waals surface area contributed by atoms with Crippen molar-refractivity contribution < 1.29 is 4.79 Å². The van der Waals surface area contributed by atoms with E-state index in [-0.39, 0.29) is 17.2 Å². The largest absolute Gasteiger partial charge is 0.345 e. The van der Waals surface area contributed by atoms with Gasteiger partial charge >= 0.3 is 0 Å². The first-order chi connectivity index (χ1) is 13.6. The molecule has 0 N–H and O–H groups in total. The maximum atomic E-state index is 12.8. The molecule has 0 saturated carbocycles. The van der Waals surface area contributed by atoms with E-state index in [0.717, 1.165) is 51.4 Å². The molecule has 2 fully saturated rings. The number of piperidine rings is 2. The van der Waals surface area contributed by atoms with Crippen LogP contribution < -0.4 is 0 Å². The van der Waals surface area contributed by atoms with Crippen LogP contribution in [0.2, 0.25) is 0 Å². The maximum absolute atomic E-state index is 12.8. The van der Waals surface area contributed by atoms with E-state index in [1.807, 2.05) is 24.2 Å². The van der Waals surface area contributed by atoms with E-state index in [9.17, 15) is 4.79 Å². The fraction of sp³-hybridized carbons (Fsp3) is 0.565. The van der Waals surface area contributed by atoms with E-state index in [1.54, 1.807) is 0 Å². The van der Waals surface area contributed by atoms with E-state index in [2.05, 4.69) is 51.8 Å². The van der Waals surface area contributed by atoms with Crippen molar-refractivity contribution >= 4 is 5.91 Å². The molecule has 0 radical (unpaired) electrons. The second-order valence-corrected chi connectivity index (χ2v) is 8.72. The Bertz CT molecular complexity index is 792. The summed E-state index contributed by atoms with van der Waals surface area (Å²) in [6.45, 7) is 7.45. The lowest BCUT2D eigenvalue weighted by Gasteiger charge is -2.49. The normalized spacial score (nSPS) is 22.7. The molecule has 5 heteroatoms. The van der Waals surface area contributed by atoms with Gasteiger partial charge in [-0.3, -0.25) is 4.79 Å². The van der Waals surface area contributed by atoms with Crippen LogP contribution in [0.4, 0.5) is 0 Å². The highest BCUT2D eigenvalue weighted by molar-refractivity contribution is 5.84. The Balaban J connectivity index is 1.33. The number of aromatic nitrogens is 2. The molecule has 0 aliphatic carbocycles. The lowest BCUT2D eigenvalue weighted by Crippen LogP contribution is -2.52. The molecular formula is C23H32N4O. The predicted molar refractivity (Wildman–Crippen MR) is 111 cm³/mol. The Labute approximate surface area is 168 Å². The van der Waals surface area contributed by atoms with Gasteiger partial charge in [0.1, 0.15) is 5.82 Å². The first kappa shape index (κ1) is 19.2. The third-order valence-electron chi connectivity index (χ3n) is 6.80. The third kappa shape index (κ3) is 4.00. The maximum Gasteiger partial charge on any atom is 0.229 e. The molecule has 2 saturated heterocycles. The molecule has 28 heavy (non-hydrogen) atoms. The van der Waals surface area contributed by atoms with Crippen molar-refractivity contribution in [2.75, 3.05) is 33.2 Å². The standard InChI is InChI=1S/C23H32N4O/c1-19-24-11-16-27(19)13-6-12-26-14-9-23(10-15-26)17-21(22(28)25(2)18-23)20-7-4-3-5-8-20/h3-5,7-8,11,16,21H,6,9-10,12-15,17-18H2,1-2H3/t21-/m0/s1. The molecule has 1 aromatic heterocycles. The van der Waals surface area contributed by atoms with E-state index in [4.69, 9.17) is 0 Å². The number of hydrogen-bond acceptors (Lipinski definition) is 3. The minimum absolute atomic E-state index is 0.0238. The van der Waals surface area contributed by atoms with Gasteiger partial charge in [0.2, 0.25) is 5.91 Å². The first-order valence-electron chi connectivity index (χ1n) is 10.6. The van der Waals surface area contributed by atoms with Crippen LogP contribution >= 0.6 is 0 Å². The number of carbonyl (C=O) groups is 1. The number of carbonyl (C=O) groups excluding carboxylic acids is 1. The Kier molecular flexibility index (Phi) is 5.54. The van der Waals surface area contributed by atoms with Gasteiger partial charge in [-0.05, 0) is 63.2 Å². The van der Waals surface area contributed by atoms with Gasteiger partial charge < -0.3 is 14.4 Å². The summed E-state index contributed by atoms with van der Waals surface area (Å²) in [6.07, 6.45) is 8.50. The van der Waals surface area contributed by atoms with Crippen molar-refractivity contribution in [1.29, 1.82) is 0 Å². The molecule has 1 atom stereocenters. The van der Waals surface area contributed by atoms with Gasteiger partial charge in [-0.2, -0.15) is 0 Å². The van der Waals surface area contributed by atoms with Crippen LogP contribution in [0, 0.1) is 12.3 Å². The van der Waals surface area contributed by atoms with Crippen molar-refractivity contribution in [1.82, 2.24) is 19.4 Å². The van der Waals surface area contributed by atoms with Crippen molar-refractivity contribution in [3.63, 3.8) is 0 Å². The molecule has 1 spiro atoms. The second-order valence-electron chi connectivity index (χ2n) is 8.72. The number of benzene rings is 1. The van der Waals surface area contributed by atoms with Crippen LogP contribution in [0.25, 0.3) is 0 Å². The number of imidazole rings is 1. The average molecular weight is 381 g/mol. The third-order valence-corrected chi connectivity index (χ3v) is 6.80. The van der Waals surface area contributed by atoms with Gasteiger partial charge in [-0.1, -0.05) is 30.3 Å². The number of aryl methyl sites for hydroxylation is 2. The number of likely N-dealkylation sites (N-methyl/N-ethyl adjacent to an activating group) is 1. The van der Waals surface area contributed by atoms with Crippen molar-refractivity contribution in [3.05, 3.63) is 54.1 Å². The number of likely N-dealkylation sites (tertiary alicyclic amines) is 2.